The summed E-state index contributed by atoms with van der Waals surface area (Å²) >= 11 is 0. The van der Waals surface area contributed by atoms with Crippen molar-refractivity contribution >= 4 is 33.2 Å². The number of ether oxygens (including phenoxy) is 1. The first-order chi connectivity index (χ1) is 22.3. The van der Waals surface area contributed by atoms with Crippen molar-refractivity contribution in [3.05, 3.63) is 58.9 Å². The van der Waals surface area contributed by atoms with Gasteiger partial charge in [-0.15, -0.1) is 5.10 Å². The van der Waals surface area contributed by atoms with Crippen LogP contribution in [-0.2, 0) is 10.0 Å². The van der Waals surface area contributed by atoms with E-state index in [-0.39, 0.29) is 17.3 Å². The maximum absolute atomic E-state index is 13.6. The number of aryl methyl sites for hydroxylation is 1. The Morgan fingerprint density at radius 2 is 1.60 bits per heavy atom. The van der Waals surface area contributed by atoms with Crippen molar-refractivity contribution < 1.29 is 49.1 Å². The average Bonchev–Trinajstić information content (AvgIpc) is 3.46. The zero-order valence-corrected chi connectivity index (χ0v) is 27.1. The van der Waals surface area contributed by atoms with Gasteiger partial charge in [-0.2, -0.15) is 26.3 Å². The molecule has 0 bridgehead atoms. The first-order valence-corrected chi connectivity index (χ1v) is 16.7. The predicted octanol–water partition coefficient (Wildman–Crippen LogP) is 6.11. The third-order valence-corrected chi connectivity index (χ3v) is 8.60. The standard InChI is InChI=1S/C30H34F6N6O5S/c1-16-10-11-19(14-24(16)42-15-23(39-41-42)28(44)37-17(2)18-8-6-5-7-9-18)27(43)38-21-12-20(26(29(31,32)33)30(34,35)36)13-22(25(21)47-3)40-48(4,45)46/h10-15,17-18,26,40H,5-9H2,1-4H3,(H,37,44)(H,38,43)/t17-/m1/s1. The number of anilines is 2. The normalized spacial score (nSPS) is 15.2. The van der Waals surface area contributed by atoms with Crippen molar-refractivity contribution in [1.29, 1.82) is 0 Å². The van der Waals surface area contributed by atoms with E-state index in [1.807, 2.05) is 11.6 Å². The highest BCUT2D eigenvalue weighted by molar-refractivity contribution is 7.92. The van der Waals surface area contributed by atoms with Crippen LogP contribution in [0.4, 0.5) is 37.7 Å². The van der Waals surface area contributed by atoms with Crippen LogP contribution in [0.1, 0.15) is 76.9 Å². The van der Waals surface area contributed by atoms with Crippen molar-refractivity contribution in [1.82, 2.24) is 20.3 Å². The Labute approximate surface area is 272 Å². The van der Waals surface area contributed by atoms with Crippen LogP contribution in [0.15, 0.2) is 36.5 Å². The van der Waals surface area contributed by atoms with Gasteiger partial charge in [0.05, 0.1) is 36.6 Å². The van der Waals surface area contributed by atoms with Gasteiger partial charge in [-0.3, -0.25) is 14.3 Å². The van der Waals surface area contributed by atoms with E-state index in [0.717, 1.165) is 32.8 Å². The molecule has 0 radical (unpaired) electrons. The lowest BCUT2D eigenvalue weighted by Crippen LogP contribution is -2.39. The van der Waals surface area contributed by atoms with Gasteiger partial charge in [0.25, 0.3) is 11.8 Å². The summed E-state index contributed by atoms with van der Waals surface area (Å²) in [5.74, 6) is -5.63. The minimum absolute atomic E-state index is 0.0169. The number of halogens is 6. The molecule has 1 atom stereocenters. The Morgan fingerprint density at radius 3 is 2.19 bits per heavy atom. The number of methoxy groups -OCH3 is 1. The Bertz CT molecular complexity index is 1760. The SMILES string of the molecule is COc1c(NC(=O)c2ccc(C)c(-n3cc(C(=O)N[C@H](C)C4CCCCC4)nn3)c2)cc(C(C(F)(F)F)C(F)(F)F)cc1NS(C)(=O)=O. The Morgan fingerprint density at radius 1 is 0.979 bits per heavy atom. The fourth-order valence-electron chi connectivity index (χ4n) is 5.68. The van der Waals surface area contributed by atoms with Gasteiger partial charge in [-0.1, -0.05) is 30.5 Å². The minimum atomic E-state index is -5.82. The molecule has 1 heterocycles. The molecule has 0 spiro atoms. The second kappa shape index (κ2) is 14.0. The number of amides is 2. The Balaban J connectivity index is 1.66. The van der Waals surface area contributed by atoms with Crippen molar-refractivity contribution in [2.24, 2.45) is 5.92 Å². The van der Waals surface area contributed by atoms with E-state index in [1.165, 1.54) is 35.5 Å². The molecule has 1 aliphatic rings. The molecular formula is C30H34F6N6O5S. The zero-order valence-electron chi connectivity index (χ0n) is 26.3. The first-order valence-electron chi connectivity index (χ1n) is 14.8. The number of nitrogens with one attached hydrogen (secondary N) is 3. The summed E-state index contributed by atoms with van der Waals surface area (Å²) in [6.07, 6.45) is -4.25. The van der Waals surface area contributed by atoms with E-state index < -0.39 is 62.8 Å². The van der Waals surface area contributed by atoms with Crippen molar-refractivity contribution in [2.45, 2.75) is 70.3 Å². The lowest BCUT2D eigenvalue weighted by Gasteiger charge is -2.27. The monoisotopic (exact) mass is 704 g/mol. The van der Waals surface area contributed by atoms with Crippen LogP contribution in [0.3, 0.4) is 0 Å². The highest BCUT2D eigenvalue weighted by Gasteiger charge is 2.57. The third-order valence-electron chi connectivity index (χ3n) is 8.01. The fourth-order valence-corrected chi connectivity index (χ4v) is 6.23. The molecule has 18 heteroatoms. The number of alkyl halides is 6. The smallest absolute Gasteiger partial charge is 0.404 e. The summed E-state index contributed by atoms with van der Waals surface area (Å²) < 4.78 is 114. The lowest BCUT2D eigenvalue weighted by atomic mass is 9.84. The third kappa shape index (κ3) is 8.76. The highest BCUT2D eigenvalue weighted by atomic mass is 32.2. The summed E-state index contributed by atoms with van der Waals surface area (Å²) in [4.78, 5) is 26.3. The molecule has 3 N–H and O–H groups in total. The van der Waals surface area contributed by atoms with Crippen LogP contribution in [0.2, 0.25) is 0 Å². The van der Waals surface area contributed by atoms with Gasteiger partial charge in [0.15, 0.2) is 17.4 Å². The van der Waals surface area contributed by atoms with Crippen LogP contribution in [0.5, 0.6) is 5.75 Å². The van der Waals surface area contributed by atoms with Crippen molar-refractivity contribution in [2.75, 3.05) is 23.4 Å². The van der Waals surface area contributed by atoms with Crippen LogP contribution in [-0.4, -0.2) is 67.0 Å². The molecule has 1 aromatic heterocycles. The molecule has 4 rings (SSSR count). The molecule has 3 aromatic rings. The lowest BCUT2D eigenvalue weighted by molar-refractivity contribution is -0.253. The topological polar surface area (TPSA) is 144 Å². The van der Waals surface area contributed by atoms with Crippen LogP contribution in [0.25, 0.3) is 5.69 Å². The van der Waals surface area contributed by atoms with Gasteiger partial charge in [0.1, 0.15) is 0 Å². The molecule has 1 fully saturated rings. The Kier molecular flexibility index (Phi) is 10.7. The predicted molar refractivity (Wildman–Crippen MR) is 164 cm³/mol. The van der Waals surface area contributed by atoms with E-state index in [9.17, 15) is 44.3 Å². The van der Waals surface area contributed by atoms with Gasteiger partial charge >= 0.3 is 12.4 Å². The van der Waals surface area contributed by atoms with Crippen molar-refractivity contribution in [3.8, 4) is 11.4 Å². The number of aromatic nitrogens is 3. The number of hydrogen-bond donors (Lipinski definition) is 3. The summed E-state index contributed by atoms with van der Waals surface area (Å²) in [7, 11) is -3.24. The van der Waals surface area contributed by atoms with Gasteiger partial charge in [0.2, 0.25) is 10.0 Å². The fraction of sp³-hybridized carbons (Fsp3) is 0.467. The number of rotatable bonds is 10. The van der Waals surface area contributed by atoms with Gasteiger partial charge in [0, 0.05) is 11.6 Å². The molecule has 0 unspecified atom stereocenters. The number of nitrogens with zero attached hydrogens (tertiary/aromatic N) is 3. The van der Waals surface area contributed by atoms with E-state index in [2.05, 4.69) is 20.9 Å². The summed E-state index contributed by atoms with van der Waals surface area (Å²) in [6, 6.07) is 4.85. The van der Waals surface area contributed by atoms with Gasteiger partial charge in [-0.05, 0) is 68.0 Å². The second-order valence-electron chi connectivity index (χ2n) is 11.7. The van der Waals surface area contributed by atoms with Crippen LogP contribution < -0.4 is 20.1 Å². The van der Waals surface area contributed by atoms with Crippen molar-refractivity contribution in [3.63, 3.8) is 0 Å². The quantitative estimate of drug-likeness (QED) is 0.216. The number of hydrogen-bond acceptors (Lipinski definition) is 7. The zero-order chi connectivity index (χ0) is 35.6. The molecule has 2 amide bonds. The molecule has 262 valence electrons. The van der Waals surface area contributed by atoms with E-state index in [1.54, 1.807) is 6.92 Å². The Hall–Kier alpha value is -4.35. The number of carbonyl (C=O) groups excluding carboxylic acids is 2. The number of benzene rings is 2. The molecule has 11 nitrogen and oxygen atoms in total. The van der Waals surface area contributed by atoms with E-state index in [4.69, 9.17) is 4.74 Å². The number of carbonyl (C=O) groups is 2. The van der Waals surface area contributed by atoms with Crippen LogP contribution in [0, 0.1) is 12.8 Å². The van der Waals surface area contributed by atoms with Crippen LogP contribution >= 0.6 is 0 Å². The van der Waals surface area contributed by atoms with E-state index in [0.29, 0.717) is 35.6 Å². The van der Waals surface area contributed by atoms with Gasteiger partial charge < -0.3 is 15.4 Å². The second-order valence-corrected chi connectivity index (χ2v) is 13.5. The molecule has 1 aliphatic carbocycles. The highest BCUT2D eigenvalue weighted by Crippen LogP contribution is 2.49. The maximum atomic E-state index is 13.6. The summed E-state index contributed by atoms with van der Waals surface area (Å²) in [6.45, 7) is 3.61. The summed E-state index contributed by atoms with van der Waals surface area (Å²) in [5, 5.41) is 13.1. The molecule has 48 heavy (non-hydrogen) atoms. The van der Waals surface area contributed by atoms with E-state index >= 15 is 0 Å². The largest absolute Gasteiger partial charge is 0.492 e. The van der Waals surface area contributed by atoms with Gasteiger partial charge in [-0.25, -0.2) is 13.1 Å². The molecule has 0 saturated heterocycles. The molecule has 2 aromatic carbocycles. The molecule has 0 aliphatic heterocycles. The molecular weight excluding hydrogens is 670 g/mol. The average molecular weight is 705 g/mol. The maximum Gasteiger partial charge on any atom is 0.404 e. The minimum Gasteiger partial charge on any atom is -0.492 e. The molecule has 1 saturated carbocycles. The number of sulfonamides is 1. The summed E-state index contributed by atoms with van der Waals surface area (Å²) in [5.41, 5.74) is -2.05. The first kappa shape index (κ1) is 36.5.